The van der Waals surface area contributed by atoms with Crippen LogP contribution in [0.1, 0.15) is 0 Å². The Morgan fingerprint density at radius 3 is 2.56 bits per heavy atom. The summed E-state index contributed by atoms with van der Waals surface area (Å²) in [7, 11) is 0. The van der Waals surface area contributed by atoms with Crippen LogP contribution in [0.4, 0.5) is 4.39 Å². The molecule has 0 saturated carbocycles. The van der Waals surface area contributed by atoms with Crippen molar-refractivity contribution in [1.29, 1.82) is 0 Å². The fraction of sp³-hybridized carbons (Fsp3) is 0. The van der Waals surface area contributed by atoms with Gasteiger partial charge in [0.15, 0.2) is 0 Å². The van der Waals surface area contributed by atoms with Gasteiger partial charge in [0, 0.05) is 3.57 Å². The molecule has 0 bridgehead atoms. The molecule has 0 atom stereocenters. The monoisotopic (exact) mass is 237 g/mol. The van der Waals surface area contributed by atoms with E-state index in [2.05, 4.69) is 0 Å². The van der Waals surface area contributed by atoms with Gasteiger partial charge in [0.2, 0.25) is 0 Å². The Bertz CT molecular complexity index is 204. The van der Waals surface area contributed by atoms with Crippen LogP contribution in [-0.4, -0.2) is 0 Å². The van der Waals surface area contributed by atoms with E-state index < -0.39 is 5.82 Å². The van der Waals surface area contributed by atoms with Crippen LogP contribution >= 0.6 is 22.6 Å². The number of halogens is 2. The highest BCUT2D eigenvalue weighted by molar-refractivity contribution is 14.1. The summed E-state index contributed by atoms with van der Waals surface area (Å²) in [5.41, 5.74) is 0. The lowest BCUT2D eigenvalue weighted by molar-refractivity contribution is -0.269. The molecule has 48 valence electrons. The summed E-state index contributed by atoms with van der Waals surface area (Å²) >= 11 is 1.68. The lowest BCUT2D eigenvalue weighted by atomic mass is 10.3. The van der Waals surface area contributed by atoms with E-state index in [1.165, 1.54) is 18.2 Å². The second-order valence-corrected chi connectivity index (χ2v) is 2.63. The predicted octanol–water partition coefficient (Wildman–Crippen LogP) is 1.50. The average molecular weight is 237 g/mol. The van der Waals surface area contributed by atoms with Gasteiger partial charge in [-0.05, 0) is 28.7 Å². The van der Waals surface area contributed by atoms with Crippen molar-refractivity contribution in [2.45, 2.75) is 0 Å². The maximum absolute atomic E-state index is 12.4. The Labute approximate surface area is 65.7 Å². The van der Waals surface area contributed by atoms with Crippen molar-refractivity contribution in [3.8, 4) is 5.75 Å². The Morgan fingerprint density at radius 1 is 1.44 bits per heavy atom. The van der Waals surface area contributed by atoms with Gasteiger partial charge in [-0.25, -0.2) is 4.39 Å². The normalized spacial score (nSPS) is 9.56. The van der Waals surface area contributed by atoms with Crippen LogP contribution in [0.3, 0.4) is 0 Å². The first-order valence-electron chi connectivity index (χ1n) is 2.33. The van der Waals surface area contributed by atoms with Crippen molar-refractivity contribution in [2.24, 2.45) is 0 Å². The molecule has 0 radical (unpaired) electrons. The van der Waals surface area contributed by atoms with Crippen molar-refractivity contribution in [3.05, 3.63) is 27.6 Å². The molecule has 0 fully saturated rings. The summed E-state index contributed by atoms with van der Waals surface area (Å²) in [5.74, 6) is -0.696. The minimum atomic E-state index is -0.442. The highest BCUT2D eigenvalue weighted by Crippen LogP contribution is 2.18. The van der Waals surface area contributed by atoms with Gasteiger partial charge in [-0.15, -0.1) is 0 Å². The highest BCUT2D eigenvalue weighted by Gasteiger charge is 1.94. The van der Waals surface area contributed by atoms with Gasteiger partial charge in [0.05, 0.1) is 0 Å². The maximum atomic E-state index is 12.4. The molecule has 0 saturated heterocycles. The van der Waals surface area contributed by atoms with Gasteiger partial charge >= 0.3 is 0 Å². The number of hydrogen-bond acceptors (Lipinski definition) is 1. The summed E-state index contributed by atoms with van der Waals surface area (Å²) in [5, 5.41) is 10.6. The first-order chi connectivity index (χ1) is 4.22. The topological polar surface area (TPSA) is 23.1 Å². The van der Waals surface area contributed by atoms with E-state index in [0.717, 1.165) is 0 Å². The molecule has 0 spiro atoms. The lowest BCUT2D eigenvalue weighted by Gasteiger charge is -2.06. The molecule has 0 aliphatic rings. The SMILES string of the molecule is [O-]c1cccc(F)c1I. The lowest BCUT2D eigenvalue weighted by Crippen LogP contribution is -1.94. The highest BCUT2D eigenvalue weighted by atomic mass is 127. The molecule has 1 rings (SSSR count). The third kappa shape index (κ3) is 1.32. The molecule has 3 heteroatoms. The summed E-state index contributed by atoms with van der Waals surface area (Å²) in [6.45, 7) is 0. The molecule has 1 aromatic carbocycles. The second-order valence-electron chi connectivity index (χ2n) is 1.55. The van der Waals surface area contributed by atoms with Crippen molar-refractivity contribution in [2.75, 3.05) is 0 Å². The molecule has 0 amide bonds. The van der Waals surface area contributed by atoms with E-state index in [0.29, 0.717) is 0 Å². The molecule has 1 aromatic rings. The minimum absolute atomic E-state index is 0.162. The van der Waals surface area contributed by atoms with Gasteiger partial charge in [0.1, 0.15) is 5.82 Å². The Morgan fingerprint density at radius 2 is 2.11 bits per heavy atom. The van der Waals surface area contributed by atoms with Crippen LogP contribution in [0.2, 0.25) is 0 Å². The molecule has 9 heavy (non-hydrogen) atoms. The Balaban J connectivity index is 3.25. The third-order valence-corrected chi connectivity index (χ3v) is 1.96. The van der Waals surface area contributed by atoms with Crippen LogP contribution in [0, 0.1) is 9.39 Å². The summed E-state index contributed by atoms with van der Waals surface area (Å²) in [6, 6.07) is 4.01. The quantitative estimate of drug-likeness (QED) is 0.627. The van der Waals surface area contributed by atoms with Gasteiger partial charge in [-0.1, -0.05) is 17.9 Å². The molecular formula is C6H3FIO-. The molecule has 1 nitrogen and oxygen atoms in total. The first-order valence-corrected chi connectivity index (χ1v) is 3.40. The van der Waals surface area contributed by atoms with E-state index in [1.54, 1.807) is 22.6 Å². The van der Waals surface area contributed by atoms with Gasteiger partial charge in [-0.2, -0.15) is 0 Å². The predicted molar refractivity (Wildman–Crippen MR) is 38.6 cm³/mol. The van der Waals surface area contributed by atoms with Crippen molar-refractivity contribution in [3.63, 3.8) is 0 Å². The van der Waals surface area contributed by atoms with Crippen LogP contribution in [0.5, 0.6) is 5.75 Å². The van der Waals surface area contributed by atoms with Crippen molar-refractivity contribution in [1.82, 2.24) is 0 Å². The standard InChI is InChI=1S/C6H4FIO/c7-4-2-1-3-5(9)6(4)8/h1-3,9H/p-1. The molecule has 0 aliphatic heterocycles. The largest absolute Gasteiger partial charge is 0.872 e. The van der Waals surface area contributed by atoms with Crippen molar-refractivity contribution < 1.29 is 9.50 Å². The van der Waals surface area contributed by atoms with E-state index in [4.69, 9.17) is 0 Å². The van der Waals surface area contributed by atoms with E-state index in [9.17, 15) is 9.50 Å². The summed E-state index contributed by atoms with van der Waals surface area (Å²) in [6.07, 6.45) is 0. The van der Waals surface area contributed by atoms with E-state index >= 15 is 0 Å². The fourth-order valence-electron chi connectivity index (χ4n) is 0.484. The van der Waals surface area contributed by atoms with Gasteiger partial charge < -0.3 is 5.11 Å². The first kappa shape index (κ1) is 6.80. The number of hydrogen-bond donors (Lipinski definition) is 0. The molecule has 0 heterocycles. The van der Waals surface area contributed by atoms with E-state index in [-0.39, 0.29) is 9.32 Å². The minimum Gasteiger partial charge on any atom is -0.872 e. The number of rotatable bonds is 0. The zero-order valence-electron chi connectivity index (χ0n) is 4.40. The van der Waals surface area contributed by atoms with Gasteiger partial charge in [0.25, 0.3) is 0 Å². The molecule has 0 unspecified atom stereocenters. The van der Waals surface area contributed by atoms with Crippen LogP contribution in [-0.2, 0) is 0 Å². The van der Waals surface area contributed by atoms with Crippen LogP contribution < -0.4 is 5.11 Å². The Kier molecular flexibility index (Phi) is 1.90. The smallest absolute Gasteiger partial charge is 0.135 e. The molecule has 0 N–H and O–H groups in total. The maximum Gasteiger partial charge on any atom is 0.135 e. The number of benzene rings is 1. The van der Waals surface area contributed by atoms with Crippen LogP contribution in [0.15, 0.2) is 18.2 Å². The summed E-state index contributed by atoms with van der Waals surface area (Å²) in [4.78, 5) is 0. The molecule has 0 aliphatic carbocycles. The third-order valence-electron chi connectivity index (χ3n) is 0.916. The zero-order chi connectivity index (χ0) is 6.85. The molecular weight excluding hydrogens is 234 g/mol. The van der Waals surface area contributed by atoms with Crippen LogP contribution in [0.25, 0.3) is 0 Å². The van der Waals surface area contributed by atoms with E-state index in [1.807, 2.05) is 0 Å². The summed E-state index contributed by atoms with van der Waals surface area (Å²) < 4.78 is 12.5. The second kappa shape index (κ2) is 2.51. The average Bonchev–Trinajstić information content (AvgIpc) is 1.83. The fourth-order valence-corrected chi connectivity index (χ4v) is 0.844. The Hall–Kier alpha value is -0.320. The van der Waals surface area contributed by atoms with Crippen molar-refractivity contribution >= 4 is 22.6 Å². The van der Waals surface area contributed by atoms with Gasteiger partial charge in [-0.3, -0.25) is 0 Å². The zero-order valence-corrected chi connectivity index (χ0v) is 6.55. The molecule has 0 aromatic heterocycles.